The molecule has 4 aromatic carbocycles. The molecule has 2 heterocycles. The topological polar surface area (TPSA) is 93.2 Å². The molecule has 4 aromatic rings. The molecule has 0 radical (unpaired) electrons. The lowest BCUT2D eigenvalue weighted by atomic mass is 9.90. The zero-order valence-corrected chi connectivity index (χ0v) is 22.7. The van der Waals surface area contributed by atoms with Crippen LogP contribution >= 0.6 is 11.6 Å². The molecule has 0 N–H and O–H groups in total. The highest BCUT2D eigenvalue weighted by atomic mass is 35.5. The van der Waals surface area contributed by atoms with E-state index in [1.165, 1.54) is 23.3 Å². The van der Waals surface area contributed by atoms with E-state index in [1.54, 1.807) is 85.8 Å². The van der Waals surface area contributed by atoms with Gasteiger partial charge in [0.2, 0.25) is 5.91 Å². The first kappa shape index (κ1) is 26.1. The Kier molecular flexibility index (Phi) is 6.58. The molecule has 0 unspecified atom stereocenters. The average Bonchev–Trinajstić information content (AvgIpc) is 3.47. The monoisotopic (exact) mass is 574 g/mol. The summed E-state index contributed by atoms with van der Waals surface area (Å²) >= 11 is 6.31. The van der Waals surface area contributed by atoms with Crippen molar-refractivity contribution < 1.29 is 27.0 Å². The Morgan fingerprint density at radius 2 is 1.45 bits per heavy atom. The fourth-order valence-electron chi connectivity index (χ4n) is 5.16. The molecular weight excluding hydrogens is 552 g/mol. The summed E-state index contributed by atoms with van der Waals surface area (Å²) in [7, 11) is -4.19. The number of carbonyl (C=O) groups excluding carboxylic acids is 2. The van der Waals surface area contributed by atoms with Crippen molar-refractivity contribution in [1.82, 2.24) is 0 Å². The number of fused-ring (bicyclic) bond motifs is 1. The Bertz CT molecular complexity index is 1710. The van der Waals surface area contributed by atoms with E-state index in [9.17, 15) is 18.0 Å². The Morgan fingerprint density at radius 1 is 0.800 bits per heavy atom. The quantitative estimate of drug-likeness (QED) is 0.223. The average molecular weight is 575 g/mol. The fraction of sp³-hybridized carbons (Fsp3) is 0.133. The number of imide groups is 1. The summed E-state index contributed by atoms with van der Waals surface area (Å²) in [4.78, 5) is 35.0. The van der Waals surface area contributed by atoms with Gasteiger partial charge in [0.15, 0.2) is 6.10 Å². The first-order valence-electron chi connectivity index (χ1n) is 12.5. The molecule has 0 spiro atoms. The largest absolute Gasteiger partial charge is 0.379 e. The van der Waals surface area contributed by atoms with Crippen molar-refractivity contribution >= 4 is 44.9 Å². The zero-order valence-electron chi connectivity index (χ0n) is 21.2. The maximum atomic E-state index is 14.0. The predicted molar refractivity (Wildman–Crippen MR) is 149 cm³/mol. The van der Waals surface area contributed by atoms with Crippen LogP contribution in [-0.4, -0.2) is 26.3 Å². The number of hydrogen-bond donors (Lipinski definition) is 0. The van der Waals surface area contributed by atoms with Gasteiger partial charge in [-0.3, -0.25) is 14.4 Å². The van der Waals surface area contributed by atoms with E-state index in [1.807, 2.05) is 6.07 Å². The molecule has 10 heteroatoms. The normalized spacial score (nSPS) is 20.6. The summed E-state index contributed by atoms with van der Waals surface area (Å²) < 4.78 is 32.0. The van der Waals surface area contributed by atoms with Crippen LogP contribution in [0.25, 0.3) is 0 Å². The fourth-order valence-corrected chi connectivity index (χ4v) is 6.30. The van der Waals surface area contributed by atoms with E-state index >= 15 is 0 Å². The molecule has 0 bridgehead atoms. The molecule has 2 fully saturated rings. The minimum Gasteiger partial charge on any atom is -0.379 e. The lowest BCUT2D eigenvalue weighted by Crippen LogP contribution is -2.38. The molecule has 202 valence electrons. The lowest BCUT2D eigenvalue weighted by Gasteiger charge is -2.30. The third kappa shape index (κ3) is 4.32. The standard InChI is InChI=1S/C30H23ClN2O6S/c1-19-23(31)16-10-17-24(19)32-29(34)26-27(33(38-28(26)30(32)35)20-11-4-2-5-12-20)22-15-8-9-18-25(22)39-40(36,37)21-13-6-3-7-14-21/h2-18,26-28H,1H3/t26-,27+,28-/m1/s1. The minimum atomic E-state index is -4.19. The highest BCUT2D eigenvalue weighted by molar-refractivity contribution is 7.87. The molecule has 0 aromatic heterocycles. The van der Waals surface area contributed by atoms with E-state index in [2.05, 4.69) is 0 Å². The van der Waals surface area contributed by atoms with Gasteiger partial charge in [-0.25, -0.2) is 9.96 Å². The van der Waals surface area contributed by atoms with Crippen LogP contribution in [0.2, 0.25) is 5.02 Å². The van der Waals surface area contributed by atoms with Gasteiger partial charge in [0.1, 0.15) is 16.6 Å². The molecular formula is C30H23ClN2O6S. The number of para-hydroxylation sites is 2. The second-order valence-electron chi connectivity index (χ2n) is 9.44. The van der Waals surface area contributed by atoms with Crippen LogP contribution in [0.5, 0.6) is 5.75 Å². The van der Waals surface area contributed by atoms with Gasteiger partial charge >= 0.3 is 10.1 Å². The summed E-state index contributed by atoms with van der Waals surface area (Å²) in [6, 6.07) is 27.5. The second kappa shape index (κ2) is 10.1. The number of halogens is 1. The summed E-state index contributed by atoms with van der Waals surface area (Å²) in [5, 5.41) is 1.91. The van der Waals surface area contributed by atoms with Crippen molar-refractivity contribution in [3.8, 4) is 5.75 Å². The Morgan fingerprint density at radius 3 is 2.17 bits per heavy atom. The van der Waals surface area contributed by atoms with E-state index in [4.69, 9.17) is 20.6 Å². The van der Waals surface area contributed by atoms with Crippen LogP contribution < -0.4 is 14.1 Å². The van der Waals surface area contributed by atoms with Crippen LogP contribution in [0.3, 0.4) is 0 Å². The van der Waals surface area contributed by atoms with Gasteiger partial charge in [-0.1, -0.05) is 72.3 Å². The Hall–Kier alpha value is -4.18. The lowest BCUT2D eigenvalue weighted by molar-refractivity contribution is -0.126. The van der Waals surface area contributed by atoms with Gasteiger partial charge in [-0.05, 0) is 55.0 Å². The maximum absolute atomic E-state index is 14.0. The molecule has 2 saturated heterocycles. The number of nitrogens with zero attached hydrogens (tertiary/aromatic N) is 2. The third-order valence-corrected chi connectivity index (χ3v) is 8.73. The van der Waals surface area contributed by atoms with Gasteiger partial charge in [-0.2, -0.15) is 8.42 Å². The second-order valence-corrected chi connectivity index (χ2v) is 11.4. The minimum absolute atomic E-state index is 0.0139. The van der Waals surface area contributed by atoms with Crippen LogP contribution in [0.15, 0.2) is 108 Å². The summed E-state index contributed by atoms with van der Waals surface area (Å²) in [6.07, 6.45) is -1.14. The first-order valence-corrected chi connectivity index (χ1v) is 14.3. The van der Waals surface area contributed by atoms with Crippen molar-refractivity contribution in [1.29, 1.82) is 0 Å². The zero-order chi connectivity index (χ0) is 28.0. The van der Waals surface area contributed by atoms with Crippen LogP contribution in [0.4, 0.5) is 11.4 Å². The summed E-state index contributed by atoms with van der Waals surface area (Å²) in [5.74, 6) is -1.97. The summed E-state index contributed by atoms with van der Waals surface area (Å²) in [6.45, 7) is 1.73. The van der Waals surface area contributed by atoms with Gasteiger partial charge < -0.3 is 4.18 Å². The number of carbonyl (C=O) groups is 2. The molecule has 2 aliphatic rings. The summed E-state index contributed by atoms with van der Waals surface area (Å²) in [5.41, 5.74) is 1.93. The highest BCUT2D eigenvalue weighted by Gasteiger charge is 2.61. The van der Waals surface area contributed by atoms with Crippen molar-refractivity contribution in [3.05, 3.63) is 119 Å². The molecule has 0 aliphatic carbocycles. The van der Waals surface area contributed by atoms with Gasteiger partial charge in [0, 0.05) is 10.6 Å². The van der Waals surface area contributed by atoms with E-state index in [0.717, 1.165) is 4.90 Å². The smallest absolute Gasteiger partial charge is 0.339 e. The molecule has 8 nitrogen and oxygen atoms in total. The first-order chi connectivity index (χ1) is 19.3. The molecule has 6 rings (SSSR count). The molecule has 2 aliphatic heterocycles. The van der Waals surface area contributed by atoms with E-state index in [-0.39, 0.29) is 10.6 Å². The molecule has 0 saturated carbocycles. The Labute approximate surface area is 236 Å². The van der Waals surface area contributed by atoms with E-state index in [0.29, 0.717) is 27.5 Å². The van der Waals surface area contributed by atoms with Crippen molar-refractivity contribution in [2.45, 2.75) is 24.0 Å². The van der Waals surface area contributed by atoms with Crippen LogP contribution in [0.1, 0.15) is 17.2 Å². The highest BCUT2D eigenvalue weighted by Crippen LogP contribution is 2.50. The van der Waals surface area contributed by atoms with E-state index < -0.39 is 40.0 Å². The van der Waals surface area contributed by atoms with Crippen molar-refractivity contribution in [2.24, 2.45) is 5.92 Å². The van der Waals surface area contributed by atoms with Gasteiger partial charge in [0.25, 0.3) is 5.91 Å². The van der Waals surface area contributed by atoms with Gasteiger partial charge in [0.05, 0.1) is 17.4 Å². The van der Waals surface area contributed by atoms with Crippen LogP contribution in [0, 0.1) is 12.8 Å². The van der Waals surface area contributed by atoms with Gasteiger partial charge in [-0.15, -0.1) is 0 Å². The molecule has 3 atom stereocenters. The molecule has 2 amide bonds. The van der Waals surface area contributed by atoms with Crippen molar-refractivity contribution in [3.63, 3.8) is 0 Å². The molecule has 40 heavy (non-hydrogen) atoms. The SMILES string of the molecule is Cc1c(Cl)cccc1N1C(=O)[C@H]2[C@@H](ON(c3ccccc3)[C@H]2c2ccccc2OS(=O)(=O)c2ccccc2)C1=O. The van der Waals surface area contributed by atoms with Crippen molar-refractivity contribution in [2.75, 3.05) is 9.96 Å². The van der Waals surface area contributed by atoms with Crippen LogP contribution in [-0.2, 0) is 24.5 Å². The number of benzene rings is 4. The predicted octanol–water partition coefficient (Wildman–Crippen LogP) is 5.47. The number of rotatable bonds is 6. The number of anilines is 2. The number of amides is 2. The number of hydrogen-bond acceptors (Lipinski definition) is 7. The maximum Gasteiger partial charge on any atom is 0.339 e. The third-order valence-electron chi connectivity index (χ3n) is 7.08. The number of hydroxylamine groups is 1. The Balaban J connectivity index is 1.46.